The lowest BCUT2D eigenvalue weighted by Crippen LogP contribution is -2.18. The van der Waals surface area contributed by atoms with Crippen LogP contribution in [0.25, 0.3) is 0 Å². The number of nitrogens with zero attached hydrogens (tertiary/aromatic N) is 1. The average molecular weight is 204 g/mol. The summed E-state index contributed by atoms with van der Waals surface area (Å²) >= 11 is 0. The van der Waals surface area contributed by atoms with Crippen molar-refractivity contribution in [2.75, 3.05) is 24.5 Å². The number of nitrogens with two attached hydrogens (primary N) is 1. The minimum Gasteiger partial charge on any atom is -0.371 e. The minimum absolute atomic E-state index is 0.736. The second kappa shape index (κ2) is 4.67. The van der Waals surface area contributed by atoms with Crippen molar-refractivity contribution < 1.29 is 0 Å². The maximum atomic E-state index is 5.53. The van der Waals surface area contributed by atoms with Crippen LogP contribution in [0.2, 0.25) is 0 Å². The van der Waals surface area contributed by atoms with E-state index in [1.54, 1.807) is 0 Å². The van der Waals surface area contributed by atoms with Crippen LogP contribution in [-0.2, 0) is 6.42 Å². The van der Waals surface area contributed by atoms with Gasteiger partial charge in [-0.2, -0.15) is 0 Å². The van der Waals surface area contributed by atoms with E-state index in [1.807, 2.05) is 0 Å². The third kappa shape index (κ3) is 2.51. The van der Waals surface area contributed by atoms with E-state index in [2.05, 4.69) is 36.1 Å². The molecular weight excluding hydrogens is 184 g/mol. The molecule has 0 amide bonds. The SMILES string of the molecule is CC1CCN(c2ccc(CCN)cc2)C1. The summed E-state index contributed by atoms with van der Waals surface area (Å²) in [5.74, 6) is 0.841. The molecular formula is C13H20N2. The molecule has 1 atom stereocenters. The summed E-state index contributed by atoms with van der Waals surface area (Å²) in [5, 5.41) is 0. The second-order valence-electron chi connectivity index (χ2n) is 4.54. The lowest BCUT2D eigenvalue weighted by Gasteiger charge is -2.18. The van der Waals surface area contributed by atoms with E-state index < -0.39 is 0 Å². The van der Waals surface area contributed by atoms with Crippen LogP contribution in [-0.4, -0.2) is 19.6 Å². The Morgan fingerprint density at radius 3 is 2.60 bits per heavy atom. The minimum atomic E-state index is 0.736. The number of anilines is 1. The van der Waals surface area contributed by atoms with Gasteiger partial charge in [-0.25, -0.2) is 0 Å². The van der Waals surface area contributed by atoms with Crippen molar-refractivity contribution in [1.82, 2.24) is 0 Å². The third-order valence-electron chi connectivity index (χ3n) is 3.16. The molecule has 1 heterocycles. The molecule has 82 valence electrons. The van der Waals surface area contributed by atoms with Crippen LogP contribution in [0.15, 0.2) is 24.3 Å². The maximum Gasteiger partial charge on any atom is 0.0366 e. The quantitative estimate of drug-likeness (QED) is 0.816. The Hall–Kier alpha value is -1.02. The molecule has 2 nitrogen and oxygen atoms in total. The van der Waals surface area contributed by atoms with Gasteiger partial charge in [-0.1, -0.05) is 19.1 Å². The number of hydrogen-bond donors (Lipinski definition) is 1. The van der Waals surface area contributed by atoms with E-state index >= 15 is 0 Å². The van der Waals surface area contributed by atoms with E-state index in [4.69, 9.17) is 5.73 Å². The van der Waals surface area contributed by atoms with Gasteiger partial charge < -0.3 is 10.6 Å². The Kier molecular flexibility index (Phi) is 3.27. The lowest BCUT2D eigenvalue weighted by molar-refractivity contribution is 0.659. The monoisotopic (exact) mass is 204 g/mol. The fourth-order valence-electron chi connectivity index (χ4n) is 2.21. The summed E-state index contributed by atoms with van der Waals surface area (Å²) in [4.78, 5) is 2.47. The van der Waals surface area contributed by atoms with Gasteiger partial charge in [0, 0.05) is 18.8 Å². The predicted octanol–water partition coefficient (Wildman–Crippen LogP) is 2.03. The van der Waals surface area contributed by atoms with Gasteiger partial charge in [0.15, 0.2) is 0 Å². The predicted molar refractivity (Wildman–Crippen MR) is 65.2 cm³/mol. The molecule has 2 heteroatoms. The molecule has 0 spiro atoms. The summed E-state index contributed by atoms with van der Waals surface area (Å²) in [6.07, 6.45) is 2.31. The first-order valence-corrected chi connectivity index (χ1v) is 5.83. The van der Waals surface area contributed by atoms with Crippen molar-refractivity contribution >= 4 is 5.69 Å². The molecule has 0 bridgehead atoms. The molecule has 0 aliphatic carbocycles. The van der Waals surface area contributed by atoms with Crippen LogP contribution in [0, 0.1) is 5.92 Å². The molecule has 1 aromatic carbocycles. The standard InChI is InChI=1S/C13H20N2/c1-11-7-9-15(10-11)13-4-2-12(3-5-13)6-8-14/h2-5,11H,6-10,14H2,1H3. The first-order chi connectivity index (χ1) is 7.29. The van der Waals surface area contributed by atoms with E-state index in [0.717, 1.165) is 18.9 Å². The van der Waals surface area contributed by atoms with Crippen molar-refractivity contribution in [1.29, 1.82) is 0 Å². The molecule has 1 aliphatic rings. The van der Waals surface area contributed by atoms with Crippen molar-refractivity contribution in [2.24, 2.45) is 11.7 Å². The van der Waals surface area contributed by atoms with E-state index in [1.165, 1.54) is 30.8 Å². The Balaban J connectivity index is 2.03. The van der Waals surface area contributed by atoms with Gasteiger partial charge in [-0.05, 0) is 43.0 Å². The highest BCUT2D eigenvalue weighted by atomic mass is 15.1. The lowest BCUT2D eigenvalue weighted by atomic mass is 10.1. The molecule has 0 radical (unpaired) electrons. The molecule has 1 saturated heterocycles. The van der Waals surface area contributed by atoms with Gasteiger partial charge >= 0.3 is 0 Å². The zero-order valence-corrected chi connectivity index (χ0v) is 9.45. The van der Waals surface area contributed by atoms with Gasteiger partial charge in [-0.3, -0.25) is 0 Å². The molecule has 2 rings (SSSR count). The van der Waals surface area contributed by atoms with E-state index in [0.29, 0.717) is 0 Å². The second-order valence-corrected chi connectivity index (χ2v) is 4.54. The zero-order valence-electron chi connectivity index (χ0n) is 9.45. The largest absolute Gasteiger partial charge is 0.371 e. The summed E-state index contributed by atoms with van der Waals surface area (Å²) in [7, 11) is 0. The van der Waals surface area contributed by atoms with Crippen LogP contribution < -0.4 is 10.6 Å². The summed E-state index contributed by atoms with van der Waals surface area (Å²) in [6.45, 7) is 5.47. The Bertz CT molecular complexity index is 305. The molecule has 0 saturated carbocycles. The molecule has 0 aromatic heterocycles. The third-order valence-corrected chi connectivity index (χ3v) is 3.16. The van der Waals surface area contributed by atoms with Gasteiger partial charge in [0.1, 0.15) is 0 Å². The fourth-order valence-corrected chi connectivity index (χ4v) is 2.21. The van der Waals surface area contributed by atoms with Crippen LogP contribution in [0.4, 0.5) is 5.69 Å². The van der Waals surface area contributed by atoms with Crippen LogP contribution in [0.3, 0.4) is 0 Å². The summed E-state index contributed by atoms with van der Waals surface area (Å²) in [6, 6.07) is 8.85. The highest BCUT2D eigenvalue weighted by molar-refractivity contribution is 5.48. The maximum absolute atomic E-state index is 5.53. The summed E-state index contributed by atoms with van der Waals surface area (Å²) < 4.78 is 0. The van der Waals surface area contributed by atoms with Gasteiger partial charge in [0.2, 0.25) is 0 Å². The Labute approximate surface area is 92.1 Å². The van der Waals surface area contributed by atoms with Crippen molar-refractivity contribution in [2.45, 2.75) is 19.8 Å². The first-order valence-electron chi connectivity index (χ1n) is 5.83. The molecule has 1 fully saturated rings. The van der Waals surface area contributed by atoms with Gasteiger partial charge in [0.05, 0.1) is 0 Å². The topological polar surface area (TPSA) is 29.3 Å². The van der Waals surface area contributed by atoms with Gasteiger partial charge in [0.25, 0.3) is 0 Å². The number of rotatable bonds is 3. The smallest absolute Gasteiger partial charge is 0.0366 e. The fraction of sp³-hybridized carbons (Fsp3) is 0.538. The van der Waals surface area contributed by atoms with Crippen LogP contribution in [0.5, 0.6) is 0 Å². The summed E-state index contributed by atoms with van der Waals surface area (Å²) in [5.41, 5.74) is 8.23. The molecule has 2 N–H and O–H groups in total. The zero-order chi connectivity index (χ0) is 10.7. The Morgan fingerprint density at radius 1 is 1.33 bits per heavy atom. The first kappa shape index (κ1) is 10.5. The van der Waals surface area contributed by atoms with E-state index in [9.17, 15) is 0 Å². The van der Waals surface area contributed by atoms with E-state index in [-0.39, 0.29) is 0 Å². The van der Waals surface area contributed by atoms with Crippen LogP contribution in [0.1, 0.15) is 18.9 Å². The molecule has 15 heavy (non-hydrogen) atoms. The normalized spacial score (nSPS) is 20.9. The van der Waals surface area contributed by atoms with Crippen molar-refractivity contribution in [3.8, 4) is 0 Å². The molecule has 1 aromatic rings. The highest BCUT2D eigenvalue weighted by Gasteiger charge is 2.18. The molecule has 1 aliphatic heterocycles. The highest BCUT2D eigenvalue weighted by Crippen LogP contribution is 2.23. The van der Waals surface area contributed by atoms with Crippen LogP contribution >= 0.6 is 0 Å². The number of benzene rings is 1. The van der Waals surface area contributed by atoms with Crippen molar-refractivity contribution in [3.63, 3.8) is 0 Å². The van der Waals surface area contributed by atoms with Gasteiger partial charge in [-0.15, -0.1) is 0 Å². The molecule has 1 unspecified atom stereocenters. The average Bonchev–Trinajstić information content (AvgIpc) is 2.67. The number of hydrogen-bond acceptors (Lipinski definition) is 2. The van der Waals surface area contributed by atoms with Crippen molar-refractivity contribution in [3.05, 3.63) is 29.8 Å². The Morgan fingerprint density at radius 2 is 2.07 bits per heavy atom.